The second kappa shape index (κ2) is 14.8. The predicted molar refractivity (Wildman–Crippen MR) is 115 cm³/mol. The summed E-state index contributed by atoms with van der Waals surface area (Å²) in [7, 11) is 0. The van der Waals surface area contributed by atoms with Crippen LogP contribution in [0.1, 0.15) is 19.3 Å². The van der Waals surface area contributed by atoms with Gasteiger partial charge in [-0.05, 0) is 12.8 Å². The summed E-state index contributed by atoms with van der Waals surface area (Å²) in [4.78, 5) is 62.9. The van der Waals surface area contributed by atoms with Crippen molar-refractivity contribution in [2.75, 3.05) is 18.9 Å². The van der Waals surface area contributed by atoms with Gasteiger partial charge in [0.05, 0.1) is 19.1 Å². The van der Waals surface area contributed by atoms with E-state index in [1.54, 1.807) is 0 Å². The fraction of sp³-hybridized carbons (Fsp3) is 0.625. The number of carbonyl (C=O) groups is 5. The summed E-state index contributed by atoms with van der Waals surface area (Å²) in [6, 6.07) is -5.67. The number of carbonyl (C=O) groups excluding carboxylic acids is 3. The van der Waals surface area contributed by atoms with Crippen molar-refractivity contribution in [1.82, 2.24) is 16.0 Å². The van der Waals surface area contributed by atoms with Gasteiger partial charge >= 0.3 is 11.9 Å². The highest BCUT2D eigenvalue weighted by atomic mass is 32.1. The first-order chi connectivity index (χ1) is 14.9. The highest BCUT2D eigenvalue weighted by Gasteiger charge is 2.31. The van der Waals surface area contributed by atoms with Gasteiger partial charge in [0.1, 0.15) is 18.1 Å². The molecular weight excluding hydrogens is 450 g/mol. The molecule has 0 radical (unpaired) electrons. The van der Waals surface area contributed by atoms with Crippen molar-refractivity contribution in [2.24, 2.45) is 22.2 Å². The molecule has 0 spiro atoms. The van der Waals surface area contributed by atoms with E-state index in [4.69, 9.17) is 32.5 Å². The maximum Gasteiger partial charge on any atom is 0.328 e. The van der Waals surface area contributed by atoms with Crippen molar-refractivity contribution >= 4 is 48.2 Å². The Kier molecular flexibility index (Phi) is 13.4. The normalized spacial score (nSPS) is 14.2. The van der Waals surface area contributed by atoms with Crippen molar-refractivity contribution in [3.05, 3.63) is 0 Å². The third kappa shape index (κ3) is 11.3. The van der Waals surface area contributed by atoms with Crippen LogP contribution in [0, 0.1) is 0 Å². The molecule has 0 bridgehead atoms. The molecule has 12 N–H and O–H groups in total. The molecule has 0 aliphatic rings. The molecule has 182 valence electrons. The topological polar surface area (TPSA) is 273 Å². The second-order valence-electron chi connectivity index (χ2n) is 6.54. The number of carboxylic acids is 2. The van der Waals surface area contributed by atoms with E-state index in [2.05, 4.69) is 28.3 Å². The van der Waals surface area contributed by atoms with Crippen LogP contribution in [0.15, 0.2) is 4.99 Å². The van der Waals surface area contributed by atoms with Crippen LogP contribution in [0.25, 0.3) is 0 Å². The standard InChI is InChI=1S/C16H29N7O8S/c17-7(6-32)12(27)21-8(2-1-3-20-16(18)19)13(28)22-9(4-11(25)26)14(29)23-10(5-24)15(30)31/h7-10,24,32H,1-6,17H2,(H,21,27)(H,22,28)(H,23,29)(H,25,26)(H,30,31)(H4,18,19,20). The van der Waals surface area contributed by atoms with Gasteiger partial charge < -0.3 is 48.5 Å². The van der Waals surface area contributed by atoms with Gasteiger partial charge in [0, 0.05) is 12.3 Å². The quantitative estimate of drug-likeness (QED) is 0.0461. The Labute approximate surface area is 188 Å². The number of amides is 3. The number of nitrogens with zero attached hydrogens (tertiary/aromatic N) is 1. The molecular formula is C16H29N7O8S. The summed E-state index contributed by atoms with van der Waals surface area (Å²) < 4.78 is 0. The fourth-order valence-electron chi connectivity index (χ4n) is 2.25. The van der Waals surface area contributed by atoms with Gasteiger partial charge in [-0.2, -0.15) is 12.6 Å². The summed E-state index contributed by atoms with van der Waals surface area (Å²) in [5.74, 6) is -6.02. The second-order valence-corrected chi connectivity index (χ2v) is 6.91. The van der Waals surface area contributed by atoms with Gasteiger partial charge in [0.15, 0.2) is 5.96 Å². The summed E-state index contributed by atoms with van der Waals surface area (Å²) in [6.07, 6.45) is -0.655. The van der Waals surface area contributed by atoms with Crippen LogP contribution in [0.2, 0.25) is 0 Å². The lowest BCUT2D eigenvalue weighted by molar-refractivity contribution is -0.144. The monoisotopic (exact) mass is 479 g/mol. The largest absolute Gasteiger partial charge is 0.481 e. The lowest BCUT2D eigenvalue weighted by Crippen LogP contribution is -2.58. The van der Waals surface area contributed by atoms with Crippen molar-refractivity contribution in [1.29, 1.82) is 0 Å². The van der Waals surface area contributed by atoms with Crippen molar-refractivity contribution in [3.63, 3.8) is 0 Å². The minimum Gasteiger partial charge on any atom is -0.481 e. The maximum absolute atomic E-state index is 12.7. The number of aliphatic hydroxyl groups excluding tert-OH is 1. The van der Waals surface area contributed by atoms with Crippen LogP contribution in [-0.4, -0.2) is 94.0 Å². The Morgan fingerprint density at radius 2 is 1.44 bits per heavy atom. The van der Waals surface area contributed by atoms with E-state index in [9.17, 15) is 24.0 Å². The molecule has 0 aliphatic carbocycles. The van der Waals surface area contributed by atoms with Crippen LogP contribution < -0.4 is 33.2 Å². The Balaban J connectivity index is 5.46. The molecule has 3 amide bonds. The first-order valence-corrected chi connectivity index (χ1v) is 9.94. The lowest BCUT2D eigenvalue weighted by Gasteiger charge is -2.24. The third-order valence-electron chi connectivity index (χ3n) is 3.92. The molecule has 0 aliphatic heterocycles. The fourth-order valence-corrected chi connectivity index (χ4v) is 2.41. The first kappa shape index (κ1) is 28.9. The van der Waals surface area contributed by atoms with E-state index in [1.165, 1.54) is 0 Å². The SMILES string of the molecule is NC(N)=NCCCC(NC(=O)C(N)CS)C(=O)NC(CC(=O)O)C(=O)NC(CO)C(=O)O. The Morgan fingerprint density at radius 1 is 0.906 bits per heavy atom. The summed E-state index contributed by atoms with van der Waals surface area (Å²) in [6.45, 7) is -0.837. The van der Waals surface area contributed by atoms with Crippen LogP contribution in [0.5, 0.6) is 0 Å². The number of aliphatic hydroxyl groups is 1. The Morgan fingerprint density at radius 3 is 1.91 bits per heavy atom. The van der Waals surface area contributed by atoms with Gasteiger partial charge in [-0.15, -0.1) is 0 Å². The number of hydrogen-bond donors (Lipinski definition) is 10. The molecule has 16 heteroatoms. The smallest absolute Gasteiger partial charge is 0.328 e. The summed E-state index contributed by atoms with van der Waals surface area (Å²) in [5, 5.41) is 33.4. The van der Waals surface area contributed by atoms with Gasteiger partial charge in [0.2, 0.25) is 17.7 Å². The van der Waals surface area contributed by atoms with Crippen LogP contribution in [-0.2, 0) is 24.0 Å². The molecule has 0 heterocycles. The van der Waals surface area contributed by atoms with E-state index >= 15 is 0 Å². The number of thiol groups is 1. The maximum atomic E-state index is 12.7. The van der Waals surface area contributed by atoms with E-state index in [-0.39, 0.29) is 31.1 Å². The Hall–Kier alpha value is -3.11. The number of aliphatic imine (C=N–C) groups is 1. The predicted octanol–water partition coefficient (Wildman–Crippen LogP) is -4.70. The minimum absolute atomic E-state index is 0.00342. The van der Waals surface area contributed by atoms with Gasteiger partial charge in [-0.25, -0.2) is 4.79 Å². The molecule has 0 aromatic heterocycles. The molecule has 0 aromatic carbocycles. The van der Waals surface area contributed by atoms with E-state index in [0.717, 1.165) is 0 Å². The first-order valence-electron chi connectivity index (χ1n) is 9.31. The van der Waals surface area contributed by atoms with E-state index in [0.29, 0.717) is 0 Å². The minimum atomic E-state index is -1.71. The van der Waals surface area contributed by atoms with Gasteiger partial charge in [0.25, 0.3) is 0 Å². The number of rotatable bonds is 15. The van der Waals surface area contributed by atoms with Crippen LogP contribution in [0.4, 0.5) is 0 Å². The average molecular weight is 480 g/mol. The zero-order valence-corrected chi connectivity index (χ0v) is 18.0. The average Bonchev–Trinajstić information content (AvgIpc) is 2.71. The molecule has 0 aromatic rings. The zero-order valence-electron chi connectivity index (χ0n) is 17.1. The number of carboxylic acid groups (broad SMARTS) is 2. The molecule has 4 unspecified atom stereocenters. The number of nitrogens with two attached hydrogens (primary N) is 3. The highest BCUT2D eigenvalue weighted by Crippen LogP contribution is 2.03. The van der Waals surface area contributed by atoms with Crippen molar-refractivity contribution in [2.45, 2.75) is 43.4 Å². The summed E-state index contributed by atoms with van der Waals surface area (Å²) >= 11 is 3.90. The number of aliphatic carboxylic acids is 2. The van der Waals surface area contributed by atoms with Crippen LogP contribution in [0.3, 0.4) is 0 Å². The lowest BCUT2D eigenvalue weighted by atomic mass is 10.1. The highest BCUT2D eigenvalue weighted by molar-refractivity contribution is 7.80. The number of guanidine groups is 1. The van der Waals surface area contributed by atoms with E-state index in [1.807, 2.05) is 5.32 Å². The molecule has 4 atom stereocenters. The zero-order chi connectivity index (χ0) is 24.8. The van der Waals surface area contributed by atoms with Crippen LogP contribution >= 0.6 is 12.6 Å². The number of nitrogens with one attached hydrogen (secondary N) is 3. The molecule has 0 fully saturated rings. The third-order valence-corrected chi connectivity index (χ3v) is 4.31. The van der Waals surface area contributed by atoms with Crippen molar-refractivity contribution < 1.29 is 39.3 Å². The molecule has 0 saturated carbocycles. The van der Waals surface area contributed by atoms with E-state index < -0.39 is 66.9 Å². The van der Waals surface area contributed by atoms with Crippen molar-refractivity contribution in [3.8, 4) is 0 Å². The number of hydrogen-bond acceptors (Lipinski definition) is 9. The molecule has 15 nitrogen and oxygen atoms in total. The molecule has 32 heavy (non-hydrogen) atoms. The summed E-state index contributed by atoms with van der Waals surface area (Å²) in [5.41, 5.74) is 16.0. The molecule has 0 saturated heterocycles. The van der Waals surface area contributed by atoms with Gasteiger partial charge in [-0.1, -0.05) is 0 Å². The van der Waals surface area contributed by atoms with Gasteiger partial charge in [-0.3, -0.25) is 24.2 Å². The Bertz CT molecular complexity index is 717. The molecule has 0 rings (SSSR count).